The Morgan fingerprint density at radius 1 is 1.62 bits per heavy atom. The van der Waals surface area contributed by atoms with Crippen LogP contribution in [0, 0.1) is 6.92 Å². The van der Waals surface area contributed by atoms with Crippen molar-refractivity contribution in [1.29, 1.82) is 0 Å². The molecule has 0 aliphatic carbocycles. The molecule has 0 saturated carbocycles. The van der Waals surface area contributed by atoms with Crippen molar-refractivity contribution in [2.45, 2.75) is 45.2 Å². The van der Waals surface area contributed by atoms with Crippen LogP contribution < -0.4 is 0 Å². The van der Waals surface area contributed by atoms with E-state index >= 15 is 0 Å². The molecule has 1 saturated heterocycles. The Bertz CT molecular complexity index is 325. The maximum Gasteiger partial charge on any atom is 0.133 e. The van der Waals surface area contributed by atoms with Crippen LogP contribution in [-0.2, 0) is 6.54 Å². The topological polar surface area (TPSA) is 49.5 Å². The first kappa shape index (κ1) is 11.6. The summed E-state index contributed by atoms with van der Waals surface area (Å²) in [6.45, 7) is 4.24. The molecule has 4 nitrogen and oxygen atoms in total. The Labute approximate surface area is 96.2 Å². The van der Waals surface area contributed by atoms with Gasteiger partial charge in [-0.2, -0.15) is 0 Å². The molecule has 1 N–H and O–H groups in total. The van der Waals surface area contributed by atoms with E-state index in [1.807, 2.05) is 13.0 Å². The number of hydrogen-bond donors (Lipinski definition) is 1. The normalized spacial score (nSPS) is 21.8. The number of aryl methyl sites for hydroxylation is 1. The maximum atomic E-state index is 8.86. The number of aliphatic hydroxyl groups is 1. The van der Waals surface area contributed by atoms with Gasteiger partial charge in [-0.1, -0.05) is 5.16 Å². The lowest BCUT2D eigenvalue weighted by Crippen LogP contribution is -2.29. The third-order valence-corrected chi connectivity index (χ3v) is 3.24. The minimum absolute atomic E-state index is 0.299. The Morgan fingerprint density at radius 3 is 3.19 bits per heavy atom. The molecule has 1 unspecified atom stereocenters. The number of hydrogen-bond acceptors (Lipinski definition) is 4. The van der Waals surface area contributed by atoms with Gasteiger partial charge in [0, 0.05) is 25.3 Å². The summed E-state index contributed by atoms with van der Waals surface area (Å²) in [5.41, 5.74) is 1.02. The van der Waals surface area contributed by atoms with Crippen LogP contribution in [0.2, 0.25) is 0 Å². The van der Waals surface area contributed by atoms with E-state index in [4.69, 9.17) is 9.63 Å². The predicted molar refractivity (Wildman–Crippen MR) is 61.0 cm³/mol. The Hall–Kier alpha value is -0.870. The fourth-order valence-corrected chi connectivity index (χ4v) is 2.46. The van der Waals surface area contributed by atoms with Crippen molar-refractivity contribution in [2.24, 2.45) is 0 Å². The average molecular weight is 224 g/mol. The fraction of sp³-hybridized carbons (Fsp3) is 0.750. The molecular formula is C12H20N2O2. The van der Waals surface area contributed by atoms with Gasteiger partial charge in [-0.3, -0.25) is 4.90 Å². The number of rotatable bonds is 5. The third kappa shape index (κ3) is 2.83. The second-order valence-corrected chi connectivity index (χ2v) is 4.56. The van der Waals surface area contributed by atoms with Crippen molar-refractivity contribution >= 4 is 0 Å². The predicted octanol–water partition coefficient (Wildman–Crippen LogP) is 1.72. The van der Waals surface area contributed by atoms with Crippen molar-refractivity contribution < 1.29 is 9.63 Å². The van der Waals surface area contributed by atoms with E-state index in [0.717, 1.165) is 37.4 Å². The minimum atomic E-state index is 0.299. The van der Waals surface area contributed by atoms with Crippen LogP contribution in [0.15, 0.2) is 10.6 Å². The van der Waals surface area contributed by atoms with Gasteiger partial charge >= 0.3 is 0 Å². The minimum Gasteiger partial charge on any atom is -0.396 e. The first-order valence-electron chi connectivity index (χ1n) is 6.06. The van der Waals surface area contributed by atoms with E-state index in [2.05, 4.69) is 10.1 Å². The largest absolute Gasteiger partial charge is 0.396 e. The monoisotopic (exact) mass is 224 g/mol. The highest BCUT2D eigenvalue weighted by atomic mass is 16.5. The smallest absolute Gasteiger partial charge is 0.133 e. The highest BCUT2D eigenvalue weighted by Gasteiger charge is 2.24. The second-order valence-electron chi connectivity index (χ2n) is 4.56. The molecule has 0 aromatic carbocycles. The van der Waals surface area contributed by atoms with Gasteiger partial charge in [0.1, 0.15) is 5.76 Å². The molecule has 0 amide bonds. The van der Waals surface area contributed by atoms with Crippen LogP contribution in [0.3, 0.4) is 0 Å². The van der Waals surface area contributed by atoms with E-state index in [9.17, 15) is 0 Å². The van der Waals surface area contributed by atoms with Crippen LogP contribution in [0.5, 0.6) is 0 Å². The highest BCUT2D eigenvalue weighted by molar-refractivity contribution is 5.04. The van der Waals surface area contributed by atoms with Gasteiger partial charge in [0.2, 0.25) is 0 Å². The van der Waals surface area contributed by atoms with Crippen molar-refractivity contribution in [2.75, 3.05) is 13.2 Å². The average Bonchev–Trinajstić information content (AvgIpc) is 2.86. The number of likely N-dealkylation sites (tertiary alicyclic amines) is 1. The second kappa shape index (κ2) is 5.46. The molecule has 1 aliphatic rings. The summed E-state index contributed by atoms with van der Waals surface area (Å²) in [7, 11) is 0. The quantitative estimate of drug-likeness (QED) is 0.827. The summed E-state index contributed by atoms with van der Waals surface area (Å²) < 4.78 is 5.07. The third-order valence-electron chi connectivity index (χ3n) is 3.24. The first-order chi connectivity index (χ1) is 7.79. The van der Waals surface area contributed by atoms with Crippen molar-refractivity contribution in [1.82, 2.24) is 10.1 Å². The first-order valence-corrected chi connectivity index (χ1v) is 6.06. The summed E-state index contributed by atoms with van der Waals surface area (Å²) in [6.07, 6.45) is 4.50. The van der Waals surface area contributed by atoms with E-state index < -0.39 is 0 Å². The standard InChI is InChI=1S/C12H20N2O2/c1-10-8-11(13-16-10)9-14-6-2-4-12(14)5-3-7-15/h8,12,15H,2-7,9H2,1H3. The fourth-order valence-electron chi connectivity index (χ4n) is 2.46. The molecule has 1 aromatic heterocycles. The van der Waals surface area contributed by atoms with E-state index in [1.165, 1.54) is 12.8 Å². The summed E-state index contributed by atoms with van der Waals surface area (Å²) in [5.74, 6) is 0.876. The molecule has 16 heavy (non-hydrogen) atoms. The highest BCUT2D eigenvalue weighted by Crippen LogP contribution is 2.23. The lowest BCUT2D eigenvalue weighted by Gasteiger charge is -2.22. The lowest BCUT2D eigenvalue weighted by molar-refractivity contribution is 0.205. The Morgan fingerprint density at radius 2 is 2.50 bits per heavy atom. The molecule has 90 valence electrons. The number of nitrogens with zero attached hydrogens (tertiary/aromatic N) is 2. The van der Waals surface area contributed by atoms with Crippen LogP contribution >= 0.6 is 0 Å². The SMILES string of the molecule is Cc1cc(CN2CCCC2CCCO)no1. The Kier molecular flexibility index (Phi) is 3.96. The summed E-state index contributed by atoms with van der Waals surface area (Å²) in [5, 5.41) is 12.9. The number of aromatic nitrogens is 1. The van der Waals surface area contributed by atoms with Crippen LogP contribution in [0.25, 0.3) is 0 Å². The molecule has 1 aliphatic heterocycles. The molecule has 2 rings (SSSR count). The van der Waals surface area contributed by atoms with Crippen molar-refractivity contribution in [3.8, 4) is 0 Å². The van der Waals surface area contributed by atoms with E-state index in [1.54, 1.807) is 0 Å². The molecule has 2 heterocycles. The van der Waals surface area contributed by atoms with Crippen LogP contribution in [-0.4, -0.2) is 34.4 Å². The molecule has 4 heteroatoms. The molecule has 1 fully saturated rings. The van der Waals surface area contributed by atoms with Gasteiger partial charge in [-0.05, 0) is 39.2 Å². The van der Waals surface area contributed by atoms with Crippen molar-refractivity contribution in [3.05, 3.63) is 17.5 Å². The molecule has 0 radical (unpaired) electrons. The lowest BCUT2D eigenvalue weighted by atomic mass is 10.1. The zero-order chi connectivity index (χ0) is 11.4. The van der Waals surface area contributed by atoms with Gasteiger partial charge in [0.05, 0.1) is 5.69 Å². The summed E-state index contributed by atoms with van der Waals surface area (Å²) in [4.78, 5) is 2.45. The zero-order valence-electron chi connectivity index (χ0n) is 9.85. The summed E-state index contributed by atoms with van der Waals surface area (Å²) >= 11 is 0. The van der Waals surface area contributed by atoms with Crippen molar-refractivity contribution in [3.63, 3.8) is 0 Å². The van der Waals surface area contributed by atoms with Gasteiger partial charge in [-0.15, -0.1) is 0 Å². The van der Waals surface area contributed by atoms with Crippen LogP contribution in [0.4, 0.5) is 0 Å². The van der Waals surface area contributed by atoms with E-state index in [-0.39, 0.29) is 0 Å². The van der Waals surface area contributed by atoms with Gasteiger partial charge in [-0.25, -0.2) is 0 Å². The molecule has 0 bridgehead atoms. The van der Waals surface area contributed by atoms with Gasteiger partial charge in [0.15, 0.2) is 0 Å². The van der Waals surface area contributed by atoms with Gasteiger partial charge in [0.25, 0.3) is 0 Å². The van der Waals surface area contributed by atoms with Gasteiger partial charge < -0.3 is 9.63 Å². The molecule has 1 atom stereocenters. The van der Waals surface area contributed by atoms with E-state index in [0.29, 0.717) is 12.6 Å². The molecular weight excluding hydrogens is 204 g/mol. The molecule has 0 spiro atoms. The number of aliphatic hydroxyl groups excluding tert-OH is 1. The van der Waals surface area contributed by atoms with Crippen LogP contribution in [0.1, 0.15) is 37.1 Å². The Balaban J connectivity index is 1.88. The summed E-state index contributed by atoms with van der Waals surface area (Å²) in [6, 6.07) is 2.62. The molecule has 1 aromatic rings. The maximum absolute atomic E-state index is 8.86. The zero-order valence-corrected chi connectivity index (χ0v) is 9.85.